The lowest BCUT2D eigenvalue weighted by molar-refractivity contribution is -0.143. The molecular formula is C18H20N2O3. The number of hydrogen-bond acceptors (Lipinski definition) is 4. The van der Waals surface area contributed by atoms with Gasteiger partial charge in [0, 0.05) is 12.1 Å². The van der Waals surface area contributed by atoms with Crippen LogP contribution < -0.4 is 0 Å². The van der Waals surface area contributed by atoms with E-state index in [2.05, 4.69) is 4.98 Å². The van der Waals surface area contributed by atoms with Gasteiger partial charge in [0.25, 0.3) is 0 Å². The number of morpholine rings is 1. The van der Waals surface area contributed by atoms with Gasteiger partial charge in [-0.15, -0.1) is 0 Å². The molecule has 1 aromatic heterocycles. The molecule has 2 atom stereocenters. The Balaban J connectivity index is 1.46. The van der Waals surface area contributed by atoms with E-state index in [1.165, 1.54) is 0 Å². The topological polar surface area (TPSA) is 55.6 Å². The zero-order valence-corrected chi connectivity index (χ0v) is 13.0. The van der Waals surface area contributed by atoms with Crippen LogP contribution in [0.2, 0.25) is 0 Å². The Bertz CT molecular complexity index is 683. The zero-order valence-electron chi connectivity index (χ0n) is 13.0. The van der Waals surface area contributed by atoms with Gasteiger partial charge >= 0.3 is 0 Å². The number of hydrogen-bond donors (Lipinski definition) is 0. The molecule has 1 saturated heterocycles. The largest absolute Gasteiger partial charge is 0.444 e. The van der Waals surface area contributed by atoms with Gasteiger partial charge in [-0.3, -0.25) is 4.79 Å². The number of oxazole rings is 1. The van der Waals surface area contributed by atoms with Crippen LogP contribution in [0.5, 0.6) is 0 Å². The molecule has 5 heteroatoms. The lowest BCUT2D eigenvalue weighted by atomic mass is 10.1. The zero-order chi connectivity index (χ0) is 15.6. The molecule has 4 rings (SSSR count). The summed E-state index contributed by atoms with van der Waals surface area (Å²) in [7, 11) is 0. The molecular weight excluding hydrogens is 292 g/mol. The van der Waals surface area contributed by atoms with Crippen molar-refractivity contribution in [3.8, 4) is 11.5 Å². The SMILES string of the molecule is O=C(Cc1coc(-c2ccccc2)n1)N1CCO[C@H]2CCC[C@H]21. The number of aromatic nitrogens is 1. The molecule has 1 aromatic carbocycles. The van der Waals surface area contributed by atoms with E-state index in [4.69, 9.17) is 9.15 Å². The minimum Gasteiger partial charge on any atom is -0.444 e. The summed E-state index contributed by atoms with van der Waals surface area (Å²) in [5.41, 5.74) is 1.61. The molecule has 1 amide bonds. The van der Waals surface area contributed by atoms with E-state index >= 15 is 0 Å². The molecule has 2 aliphatic rings. The third-order valence-electron chi connectivity index (χ3n) is 4.71. The maximum Gasteiger partial charge on any atom is 0.229 e. The van der Waals surface area contributed by atoms with Gasteiger partial charge in [-0.25, -0.2) is 4.98 Å². The molecule has 0 bridgehead atoms. The lowest BCUT2D eigenvalue weighted by Gasteiger charge is -2.37. The second-order valence-corrected chi connectivity index (χ2v) is 6.18. The second-order valence-electron chi connectivity index (χ2n) is 6.18. The first kappa shape index (κ1) is 14.5. The standard InChI is InChI=1S/C18H20N2O3/c21-17(20-9-10-22-16-8-4-7-15(16)20)11-14-12-23-18(19-14)13-5-2-1-3-6-13/h1-3,5-6,12,15-16H,4,7-11H2/t15-,16+/m1/s1. The minimum absolute atomic E-state index is 0.123. The summed E-state index contributed by atoms with van der Waals surface area (Å²) >= 11 is 0. The van der Waals surface area contributed by atoms with Gasteiger partial charge in [0.2, 0.25) is 11.8 Å². The number of carbonyl (C=O) groups excluding carboxylic acids is 1. The number of ether oxygens (including phenoxy) is 1. The van der Waals surface area contributed by atoms with Crippen molar-refractivity contribution in [1.82, 2.24) is 9.88 Å². The molecule has 5 nitrogen and oxygen atoms in total. The summed E-state index contributed by atoms with van der Waals surface area (Å²) in [6, 6.07) is 9.98. The van der Waals surface area contributed by atoms with Gasteiger partial charge in [-0.2, -0.15) is 0 Å². The Morgan fingerprint density at radius 2 is 2.13 bits per heavy atom. The van der Waals surface area contributed by atoms with Crippen molar-refractivity contribution >= 4 is 5.91 Å². The summed E-state index contributed by atoms with van der Waals surface area (Å²) in [4.78, 5) is 19.1. The first-order chi connectivity index (χ1) is 11.3. The van der Waals surface area contributed by atoms with Crippen LogP contribution in [0, 0.1) is 0 Å². The van der Waals surface area contributed by atoms with Crippen molar-refractivity contribution in [2.24, 2.45) is 0 Å². The molecule has 2 aromatic rings. The predicted molar refractivity (Wildman–Crippen MR) is 84.7 cm³/mol. The summed E-state index contributed by atoms with van der Waals surface area (Å²) in [6.45, 7) is 1.32. The third-order valence-corrected chi connectivity index (χ3v) is 4.71. The van der Waals surface area contributed by atoms with Crippen molar-refractivity contribution < 1.29 is 13.9 Å². The molecule has 1 saturated carbocycles. The van der Waals surface area contributed by atoms with Crippen LogP contribution in [0.4, 0.5) is 0 Å². The first-order valence-electron chi connectivity index (χ1n) is 8.22. The highest BCUT2D eigenvalue weighted by Crippen LogP contribution is 2.30. The molecule has 0 spiro atoms. The smallest absolute Gasteiger partial charge is 0.229 e. The van der Waals surface area contributed by atoms with Crippen molar-refractivity contribution in [2.45, 2.75) is 37.8 Å². The Morgan fingerprint density at radius 3 is 3.00 bits per heavy atom. The van der Waals surface area contributed by atoms with E-state index in [1.54, 1.807) is 6.26 Å². The van der Waals surface area contributed by atoms with E-state index in [9.17, 15) is 4.79 Å². The van der Waals surface area contributed by atoms with Gasteiger partial charge in [0.15, 0.2) is 0 Å². The fourth-order valence-electron chi connectivity index (χ4n) is 3.59. The maximum atomic E-state index is 12.6. The fraction of sp³-hybridized carbons (Fsp3) is 0.444. The lowest BCUT2D eigenvalue weighted by Crippen LogP contribution is -2.51. The highest BCUT2D eigenvalue weighted by molar-refractivity contribution is 5.79. The van der Waals surface area contributed by atoms with E-state index < -0.39 is 0 Å². The summed E-state index contributed by atoms with van der Waals surface area (Å²) in [6.07, 6.45) is 5.36. The van der Waals surface area contributed by atoms with Gasteiger partial charge < -0.3 is 14.1 Å². The Hall–Kier alpha value is -2.14. The number of amides is 1. The minimum atomic E-state index is 0.123. The van der Waals surface area contributed by atoms with Crippen LogP contribution in [0.15, 0.2) is 41.0 Å². The molecule has 0 radical (unpaired) electrons. The van der Waals surface area contributed by atoms with E-state index in [1.807, 2.05) is 35.2 Å². The van der Waals surface area contributed by atoms with Crippen LogP contribution in [-0.4, -0.2) is 41.1 Å². The van der Waals surface area contributed by atoms with Crippen LogP contribution in [0.1, 0.15) is 25.0 Å². The Morgan fingerprint density at radius 1 is 1.26 bits per heavy atom. The highest BCUT2D eigenvalue weighted by Gasteiger charge is 2.38. The van der Waals surface area contributed by atoms with Crippen molar-refractivity contribution in [2.75, 3.05) is 13.2 Å². The molecule has 1 aliphatic carbocycles. The second kappa shape index (κ2) is 6.16. The Kier molecular flexibility index (Phi) is 3.87. The number of nitrogens with zero attached hydrogens (tertiary/aromatic N) is 2. The van der Waals surface area contributed by atoms with Crippen LogP contribution in [0.25, 0.3) is 11.5 Å². The van der Waals surface area contributed by atoms with Crippen molar-refractivity contribution in [1.29, 1.82) is 0 Å². The first-order valence-corrected chi connectivity index (χ1v) is 8.22. The molecule has 1 aliphatic heterocycles. The van der Waals surface area contributed by atoms with Gasteiger partial charge in [0.05, 0.1) is 30.9 Å². The average molecular weight is 312 g/mol. The molecule has 0 N–H and O–H groups in total. The summed E-state index contributed by atoms with van der Waals surface area (Å²) in [5.74, 6) is 0.687. The van der Waals surface area contributed by atoms with Crippen LogP contribution >= 0.6 is 0 Å². The monoisotopic (exact) mass is 312 g/mol. The molecule has 2 heterocycles. The van der Waals surface area contributed by atoms with Gasteiger partial charge in [0.1, 0.15) is 6.26 Å². The number of carbonyl (C=O) groups is 1. The van der Waals surface area contributed by atoms with Crippen molar-refractivity contribution in [3.05, 3.63) is 42.3 Å². The van der Waals surface area contributed by atoms with E-state index in [0.717, 1.165) is 24.8 Å². The normalized spacial score (nSPS) is 23.7. The van der Waals surface area contributed by atoms with Crippen molar-refractivity contribution in [3.63, 3.8) is 0 Å². The van der Waals surface area contributed by atoms with Crippen LogP contribution in [-0.2, 0) is 16.0 Å². The quantitative estimate of drug-likeness (QED) is 0.874. The van der Waals surface area contributed by atoms with Crippen LogP contribution in [0.3, 0.4) is 0 Å². The summed E-state index contributed by atoms with van der Waals surface area (Å²) < 4.78 is 11.3. The predicted octanol–water partition coefficient (Wildman–Crippen LogP) is 2.66. The highest BCUT2D eigenvalue weighted by atomic mass is 16.5. The summed E-state index contributed by atoms with van der Waals surface area (Å²) in [5, 5.41) is 0. The van der Waals surface area contributed by atoms with E-state index in [0.29, 0.717) is 31.2 Å². The molecule has 2 fully saturated rings. The maximum absolute atomic E-state index is 12.6. The molecule has 120 valence electrons. The Labute approximate surface area is 135 Å². The number of benzene rings is 1. The number of rotatable bonds is 3. The van der Waals surface area contributed by atoms with Gasteiger partial charge in [-0.05, 0) is 31.4 Å². The average Bonchev–Trinajstić information content (AvgIpc) is 3.24. The molecule has 0 unspecified atom stereocenters. The fourth-order valence-corrected chi connectivity index (χ4v) is 3.59. The molecule has 23 heavy (non-hydrogen) atoms. The van der Waals surface area contributed by atoms with E-state index in [-0.39, 0.29) is 18.1 Å². The van der Waals surface area contributed by atoms with Gasteiger partial charge in [-0.1, -0.05) is 18.2 Å². The third kappa shape index (κ3) is 2.88. The number of fused-ring (bicyclic) bond motifs is 1.